The van der Waals surface area contributed by atoms with Crippen molar-refractivity contribution in [1.82, 2.24) is 9.97 Å². The number of anilines is 2. The second-order valence-corrected chi connectivity index (χ2v) is 4.97. The molecule has 0 bridgehead atoms. The Morgan fingerprint density at radius 3 is 2.94 bits per heavy atom. The number of nitrogens with two attached hydrogens (primary N) is 1. The minimum absolute atomic E-state index is 0.366. The van der Waals surface area contributed by atoms with Crippen molar-refractivity contribution in [2.45, 2.75) is 13.2 Å². The third-order valence-corrected chi connectivity index (χ3v) is 3.28. The van der Waals surface area contributed by atoms with Crippen LogP contribution >= 0.6 is 11.3 Å². The molecule has 96 valence electrons. The van der Waals surface area contributed by atoms with Gasteiger partial charge in [0.25, 0.3) is 0 Å². The van der Waals surface area contributed by atoms with Crippen LogP contribution in [0.5, 0.6) is 0 Å². The van der Waals surface area contributed by atoms with Crippen LogP contribution in [-0.2, 0) is 17.9 Å². The predicted octanol–water partition coefficient (Wildman–Crippen LogP) is 1.90. The Morgan fingerprint density at radius 1 is 1.44 bits per heavy atom. The van der Waals surface area contributed by atoms with Crippen LogP contribution in [-0.4, -0.2) is 24.1 Å². The molecular formula is C12H16N4OS. The molecule has 2 aromatic heterocycles. The minimum atomic E-state index is 0.366. The largest absolute Gasteiger partial charge is 0.384 e. The van der Waals surface area contributed by atoms with Crippen LogP contribution < -0.4 is 10.6 Å². The average Bonchev–Trinajstić information content (AvgIpc) is 2.81. The first-order valence-electron chi connectivity index (χ1n) is 5.55. The molecule has 0 fully saturated rings. The molecule has 0 spiro atoms. The molecule has 0 amide bonds. The quantitative estimate of drug-likeness (QED) is 0.893. The molecule has 0 radical (unpaired) electrons. The fourth-order valence-electron chi connectivity index (χ4n) is 1.61. The van der Waals surface area contributed by atoms with Gasteiger partial charge >= 0.3 is 0 Å². The summed E-state index contributed by atoms with van der Waals surface area (Å²) in [5, 5.41) is 2.06. The fraction of sp³-hybridized carbons (Fsp3) is 0.333. The zero-order valence-electron chi connectivity index (χ0n) is 10.5. The number of thiophene rings is 1. The molecule has 2 aromatic rings. The van der Waals surface area contributed by atoms with Crippen molar-refractivity contribution in [3.8, 4) is 0 Å². The number of methoxy groups -OCH3 is 1. The van der Waals surface area contributed by atoms with Crippen molar-refractivity contribution in [2.75, 3.05) is 24.8 Å². The smallest absolute Gasteiger partial charge is 0.158 e. The maximum absolute atomic E-state index is 5.77. The van der Waals surface area contributed by atoms with E-state index in [-0.39, 0.29) is 0 Å². The van der Waals surface area contributed by atoms with Crippen LogP contribution in [0.1, 0.15) is 10.7 Å². The first kappa shape index (κ1) is 12.8. The highest BCUT2D eigenvalue weighted by Gasteiger charge is 2.08. The summed E-state index contributed by atoms with van der Waals surface area (Å²) in [6.07, 6.45) is 0. The summed E-state index contributed by atoms with van der Waals surface area (Å²) in [4.78, 5) is 11.9. The lowest BCUT2D eigenvalue weighted by Crippen LogP contribution is -2.18. The van der Waals surface area contributed by atoms with E-state index in [1.165, 1.54) is 4.88 Å². The van der Waals surface area contributed by atoms with E-state index < -0.39 is 0 Å². The average molecular weight is 264 g/mol. The number of nitrogens with zero attached hydrogens (tertiary/aromatic N) is 3. The Morgan fingerprint density at radius 2 is 2.28 bits per heavy atom. The molecule has 0 atom stereocenters. The molecule has 18 heavy (non-hydrogen) atoms. The van der Waals surface area contributed by atoms with Gasteiger partial charge in [-0.2, -0.15) is 0 Å². The van der Waals surface area contributed by atoms with Gasteiger partial charge in [0, 0.05) is 25.1 Å². The van der Waals surface area contributed by atoms with Gasteiger partial charge in [0.2, 0.25) is 0 Å². The van der Waals surface area contributed by atoms with Gasteiger partial charge in [-0.25, -0.2) is 9.97 Å². The molecule has 2 heterocycles. The van der Waals surface area contributed by atoms with Crippen molar-refractivity contribution in [2.24, 2.45) is 0 Å². The van der Waals surface area contributed by atoms with E-state index in [0.717, 1.165) is 12.4 Å². The summed E-state index contributed by atoms with van der Waals surface area (Å²) in [6, 6.07) is 5.91. The zero-order valence-corrected chi connectivity index (χ0v) is 11.3. The summed E-state index contributed by atoms with van der Waals surface area (Å²) in [7, 11) is 3.60. The number of hydrogen-bond donors (Lipinski definition) is 1. The zero-order chi connectivity index (χ0) is 13.0. The standard InChI is InChI=1S/C12H16N4OS/c1-16(7-9-4-3-5-18-9)12-6-10(13)14-11(15-12)8-17-2/h3-6H,7-8H2,1-2H3,(H2,13,14,15). The molecule has 2 rings (SSSR count). The van der Waals surface area contributed by atoms with Gasteiger partial charge in [-0.15, -0.1) is 11.3 Å². The maximum Gasteiger partial charge on any atom is 0.158 e. The first-order valence-corrected chi connectivity index (χ1v) is 6.43. The van der Waals surface area contributed by atoms with Gasteiger partial charge in [0.1, 0.15) is 18.2 Å². The predicted molar refractivity (Wildman–Crippen MR) is 73.6 cm³/mol. The normalized spacial score (nSPS) is 10.6. The highest BCUT2D eigenvalue weighted by atomic mass is 32.1. The van der Waals surface area contributed by atoms with Gasteiger partial charge in [-0.1, -0.05) is 6.07 Å². The Labute approximate surface area is 110 Å². The molecule has 0 aliphatic carbocycles. The summed E-state index contributed by atoms with van der Waals surface area (Å²) in [6.45, 7) is 1.17. The summed E-state index contributed by atoms with van der Waals surface area (Å²) in [5.41, 5.74) is 5.77. The van der Waals surface area contributed by atoms with Crippen molar-refractivity contribution >= 4 is 23.0 Å². The second kappa shape index (κ2) is 5.79. The summed E-state index contributed by atoms with van der Waals surface area (Å²) < 4.78 is 5.03. The van der Waals surface area contributed by atoms with Crippen molar-refractivity contribution in [3.63, 3.8) is 0 Å². The number of aromatic nitrogens is 2. The van der Waals surface area contributed by atoms with E-state index in [0.29, 0.717) is 18.2 Å². The van der Waals surface area contributed by atoms with Crippen LogP contribution in [0.4, 0.5) is 11.6 Å². The van der Waals surface area contributed by atoms with Gasteiger partial charge in [0.15, 0.2) is 5.82 Å². The number of hydrogen-bond acceptors (Lipinski definition) is 6. The van der Waals surface area contributed by atoms with Gasteiger partial charge in [0.05, 0.1) is 6.54 Å². The molecular weight excluding hydrogens is 248 g/mol. The van der Waals surface area contributed by atoms with Gasteiger partial charge < -0.3 is 15.4 Å². The lowest BCUT2D eigenvalue weighted by molar-refractivity contribution is 0.178. The molecule has 0 unspecified atom stereocenters. The topological polar surface area (TPSA) is 64.3 Å². The number of rotatable bonds is 5. The van der Waals surface area contributed by atoms with Gasteiger partial charge in [-0.05, 0) is 11.4 Å². The third-order valence-electron chi connectivity index (χ3n) is 2.42. The Balaban J connectivity index is 2.16. The highest BCUT2D eigenvalue weighted by Crippen LogP contribution is 2.18. The van der Waals surface area contributed by atoms with Crippen molar-refractivity contribution < 1.29 is 4.74 Å². The van der Waals surface area contributed by atoms with Crippen molar-refractivity contribution in [3.05, 3.63) is 34.3 Å². The van der Waals surface area contributed by atoms with Crippen LogP contribution in [0.2, 0.25) is 0 Å². The first-order chi connectivity index (χ1) is 8.69. The second-order valence-electron chi connectivity index (χ2n) is 3.94. The third kappa shape index (κ3) is 3.18. The minimum Gasteiger partial charge on any atom is -0.384 e. The van der Waals surface area contributed by atoms with E-state index in [9.17, 15) is 0 Å². The molecule has 0 saturated carbocycles. The van der Waals surface area contributed by atoms with E-state index in [2.05, 4.69) is 21.4 Å². The molecule has 0 aliphatic rings. The maximum atomic E-state index is 5.77. The molecule has 0 aromatic carbocycles. The van der Waals surface area contributed by atoms with Crippen molar-refractivity contribution in [1.29, 1.82) is 0 Å². The van der Waals surface area contributed by atoms with Crippen LogP contribution in [0.15, 0.2) is 23.6 Å². The lowest BCUT2D eigenvalue weighted by Gasteiger charge is -2.18. The summed E-state index contributed by atoms with van der Waals surface area (Å²) >= 11 is 1.72. The van der Waals surface area contributed by atoms with E-state index >= 15 is 0 Å². The number of nitrogen functional groups attached to an aromatic ring is 1. The Hall–Kier alpha value is -1.66. The van der Waals surface area contributed by atoms with E-state index in [1.54, 1.807) is 24.5 Å². The Kier molecular flexibility index (Phi) is 4.11. The SMILES string of the molecule is COCc1nc(N)cc(N(C)Cc2cccs2)n1. The molecule has 0 saturated heterocycles. The highest BCUT2D eigenvalue weighted by molar-refractivity contribution is 7.09. The molecule has 5 nitrogen and oxygen atoms in total. The summed E-state index contributed by atoms with van der Waals surface area (Å²) in [5.74, 6) is 1.87. The lowest BCUT2D eigenvalue weighted by atomic mass is 10.4. The molecule has 2 N–H and O–H groups in total. The van der Waals surface area contributed by atoms with E-state index in [4.69, 9.17) is 10.5 Å². The molecule has 0 aliphatic heterocycles. The van der Waals surface area contributed by atoms with Crippen LogP contribution in [0.3, 0.4) is 0 Å². The fourth-order valence-corrected chi connectivity index (χ4v) is 2.37. The van der Waals surface area contributed by atoms with E-state index in [1.807, 2.05) is 18.0 Å². The van der Waals surface area contributed by atoms with Crippen LogP contribution in [0.25, 0.3) is 0 Å². The molecule has 6 heteroatoms. The van der Waals surface area contributed by atoms with Gasteiger partial charge in [-0.3, -0.25) is 0 Å². The monoisotopic (exact) mass is 264 g/mol. The van der Waals surface area contributed by atoms with Crippen LogP contribution in [0, 0.1) is 0 Å². The Bertz CT molecular complexity index is 501. The number of ether oxygens (including phenoxy) is 1.